The molecule has 0 heterocycles. The van der Waals surface area contributed by atoms with Gasteiger partial charge in [0.2, 0.25) is 0 Å². The number of hydrogen-bond acceptors (Lipinski definition) is 2. The summed E-state index contributed by atoms with van der Waals surface area (Å²) in [5.41, 5.74) is 0.292. The third-order valence-corrected chi connectivity index (χ3v) is 4.45. The van der Waals surface area contributed by atoms with Gasteiger partial charge in [0.1, 0.15) is 0 Å². The van der Waals surface area contributed by atoms with Gasteiger partial charge in [-0.15, -0.1) is 0 Å². The van der Waals surface area contributed by atoms with E-state index in [4.69, 9.17) is 4.74 Å². The molecule has 0 spiro atoms. The summed E-state index contributed by atoms with van der Waals surface area (Å²) in [4.78, 5) is 0. The first kappa shape index (κ1) is 15.1. The van der Waals surface area contributed by atoms with Crippen LogP contribution >= 0.6 is 12.6 Å². The quantitative estimate of drug-likeness (QED) is 0.573. The molecule has 17 heavy (non-hydrogen) atoms. The third kappa shape index (κ3) is 5.05. The molecule has 100 valence electrons. The molecule has 1 aliphatic rings. The second-order valence-corrected chi connectivity index (χ2v) is 6.83. The van der Waals surface area contributed by atoms with Gasteiger partial charge in [0.05, 0.1) is 6.61 Å². The first-order valence-electron chi connectivity index (χ1n) is 6.78. The molecule has 0 N–H and O–H groups in total. The van der Waals surface area contributed by atoms with Gasteiger partial charge >= 0.3 is 0 Å². The van der Waals surface area contributed by atoms with Crippen LogP contribution in [0.2, 0.25) is 0 Å². The summed E-state index contributed by atoms with van der Waals surface area (Å²) in [6.07, 6.45) is 6.99. The lowest BCUT2D eigenvalue weighted by Crippen LogP contribution is -2.29. The average Bonchev–Trinajstić information content (AvgIpc) is 2.25. The molecule has 0 radical (unpaired) electrons. The zero-order chi connectivity index (χ0) is 12.9. The molecular weight excluding hydrogens is 228 g/mol. The zero-order valence-corrected chi connectivity index (χ0v) is 12.7. The van der Waals surface area contributed by atoms with Gasteiger partial charge in [-0.1, -0.05) is 39.8 Å². The van der Waals surface area contributed by atoms with Gasteiger partial charge in [-0.25, -0.2) is 0 Å². The summed E-state index contributed by atoms with van der Waals surface area (Å²) in [5.74, 6) is 2.92. The van der Waals surface area contributed by atoms with Gasteiger partial charge in [0, 0.05) is 6.61 Å². The Balaban J connectivity index is 2.29. The van der Waals surface area contributed by atoms with E-state index in [1.54, 1.807) is 0 Å². The molecule has 0 saturated heterocycles. The molecule has 0 aromatic heterocycles. The molecule has 0 amide bonds. The molecule has 1 aliphatic carbocycles. The smallest absolute Gasteiger partial charge is 0.0507 e. The predicted octanol–water partition coefficient (Wildman–Crippen LogP) is 4.20. The van der Waals surface area contributed by atoms with E-state index in [2.05, 4.69) is 52.5 Å². The molecule has 0 aliphatic heterocycles. The normalized spacial score (nSPS) is 27.1. The van der Waals surface area contributed by atoms with Crippen molar-refractivity contribution >= 4 is 12.6 Å². The molecule has 0 fully saturated rings. The maximum atomic E-state index is 5.94. The fourth-order valence-corrected chi connectivity index (χ4v) is 2.83. The Morgan fingerprint density at radius 2 is 1.94 bits per heavy atom. The van der Waals surface area contributed by atoms with Crippen LogP contribution in [0.3, 0.4) is 0 Å². The fraction of sp³-hybridized carbons (Fsp3) is 0.867. The van der Waals surface area contributed by atoms with E-state index in [9.17, 15) is 0 Å². The van der Waals surface area contributed by atoms with Crippen molar-refractivity contribution in [3.05, 3.63) is 12.2 Å². The molecule has 1 nitrogen and oxygen atoms in total. The van der Waals surface area contributed by atoms with E-state index >= 15 is 0 Å². The van der Waals surface area contributed by atoms with Crippen LogP contribution in [0.1, 0.15) is 40.5 Å². The van der Waals surface area contributed by atoms with Gasteiger partial charge in [-0.3, -0.25) is 0 Å². The van der Waals surface area contributed by atoms with Gasteiger partial charge in [0.25, 0.3) is 0 Å². The highest BCUT2D eigenvalue weighted by atomic mass is 32.1. The van der Waals surface area contributed by atoms with Crippen LogP contribution in [-0.4, -0.2) is 19.0 Å². The van der Waals surface area contributed by atoms with Crippen molar-refractivity contribution in [2.45, 2.75) is 40.5 Å². The molecule has 0 aromatic rings. The lowest BCUT2D eigenvalue weighted by Gasteiger charge is -2.31. The van der Waals surface area contributed by atoms with Crippen molar-refractivity contribution in [1.29, 1.82) is 0 Å². The predicted molar refractivity (Wildman–Crippen MR) is 78.6 cm³/mol. The molecule has 0 saturated carbocycles. The Kier molecular flexibility index (Phi) is 6.08. The van der Waals surface area contributed by atoms with Crippen molar-refractivity contribution in [1.82, 2.24) is 0 Å². The zero-order valence-electron chi connectivity index (χ0n) is 11.8. The van der Waals surface area contributed by atoms with E-state index < -0.39 is 0 Å². The molecule has 1 rings (SSSR count). The van der Waals surface area contributed by atoms with Crippen LogP contribution in [0.15, 0.2) is 12.2 Å². The summed E-state index contributed by atoms with van der Waals surface area (Å²) in [6, 6.07) is 0. The maximum absolute atomic E-state index is 5.94. The van der Waals surface area contributed by atoms with Crippen LogP contribution in [0, 0.1) is 23.2 Å². The second-order valence-electron chi connectivity index (χ2n) is 6.46. The van der Waals surface area contributed by atoms with E-state index in [0.717, 1.165) is 24.9 Å². The summed E-state index contributed by atoms with van der Waals surface area (Å²) in [6.45, 7) is 10.9. The van der Waals surface area contributed by atoms with E-state index in [1.165, 1.54) is 12.8 Å². The minimum atomic E-state index is 0.292. The number of thiol groups is 1. The van der Waals surface area contributed by atoms with Crippen molar-refractivity contribution in [3.8, 4) is 0 Å². The number of ether oxygens (including phenoxy) is 1. The first-order chi connectivity index (χ1) is 7.95. The van der Waals surface area contributed by atoms with Crippen molar-refractivity contribution in [2.24, 2.45) is 23.2 Å². The van der Waals surface area contributed by atoms with Crippen LogP contribution in [0.25, 0.3) is 0 Å². The van der Waals surface area contributed by atoms with Crippen molar-refractivity contribution in [3.63, 3.8) is 0 Å². The Bertz CT molecular complexity index is 242. The maximum Gasteiger partial charge on any atom is 0.0507 e. The Morgan fingerprint density at radius 1 is 1.29 bits per heavy atom. The standard InChI is InChI=1S/C15H28OS/c1-12-7-5-6-8-13(12)9-16-10-14(11-17)15(2,3)4/h5-6,12-14,17H,7-11H2,1-4H3. The Labute approximate surface area is 112 Å². The summed E-state index contributed by atoms with van der Waals surface area (Å²) < 4.78 is 5.94. The topological polar surface area (TPSA) is 9.23 Å². The average molecular weight is 256 g/mol. The minimum absolute atomic E-state index is 0.292. The minimum Gasteiger partial charge on any atom is -0.381 e. The lowest BCUT2D eigenvalue weighted by atomic mass is 9.82. The SMILES string of the molecule is CC1CC=CCC1COCC(CS)C(C)(C)C. The third-order valence-electron chi connectivity index (χ3n) is 4.01. The summed E-state index contributed by atoms with van der Waals surface area (Å²) >= 11 is 4.44. The monoisotopic (exact) mass is 256 g/mol. The highest BCUT2D eigenvalue weighted by Crippen LogP contribution is 2.29. The molecule has 3 atom stereocenters. The molecule has 2 heteroatoms. The summed E-state index contributed by atoms with van der Waals surface area (Å²) in [7, 11) is 0. The summed E-state index contributed by atoms with van der Waals surface area (Å²) in [5, 5.41) is 0. The lowest BCUT2D eigenvalue weighted by molar-refractivity contribution is 0.0334. The van der Waals surface area contributed by atoms with E-state index in [0.29, 0.717) is 17.3 Å². The van der Waals surface area contributed by atoms with E-state index in [-0.39, 0.29) is 0 Å². The molecule has 0 aromatic carbocycles. The van der Waals surface area contributed by atoms with Crippen LogP contribution in [0.4, 0.5) is 0 Å². The first-order valence-corrected chi connectivity index (χ1v) is 7.42. The number of allylic oxidation sites excluding steroid dienone is 2. The second kappa shape index (κ2) is 6.84. The molecule has 3 unspecified atom stereocenters. The van der Waals surface area contributed by atoms with Crippen molar-refractivity contribution in [2.75, 3.05) is 19.0 Å². The highest BCUT2D eigenvalue weighted by Gasteiger charge is 2.24. The molecule has 0 bridgehead atoms. The van der Waals surface area contributed by atoms with Gasteiger partial charge in [-0.05, 0) is 41.8 Å². The van der Waals surface area contributed by atoms with Gasteiger partial charge in [-0.2, -0.15) is 12.6 Å². The Morgan fingerprint density at radius 3 is 2.47 bits per heavy atom. The van der Waals surface area contributed by atoms with Gasteiger partial charge < -0.3 is 4.74 Å². The fourth-order valence-electron chi connectivity index (χ4n) is 2.18. The van der Waals surface area contributed by atoms with Crippen LogP contribution < -0.4 is 0 Å². The Hall–Kier alpha value is 0.0500. The van der Waals surface area contributed by atoms with Crippen LogP contribution in [0.5, 0.6) is 0 Å². The number of rotatable bonds is 5. The number of hydrogen-bond donors (Lipinski definition) is 1. The van der Waals surface area contributed by atoms with E-state index in [1.807, 2.05) is 0 Å². The largest absolute Gasteiger partial charge is 0.381 e. The molecular formula is C15H28OS. The van der Waals surface area contributed by atoms with Crippen molar-refractivity contribution < 1.29 is 4.74 Å². The highest BCUT2D eigenvalue weighted by molar-refractivity contribution is 7.80. The van der Waals surface area contributed by atoms with Crippen LogP contribution in [-0.2, 0) is 4.74 Å². The van der Waals surface area contributed by atoms with Gasteiger partial charge in [0.15, 0.2) is 0 Å².